The number of nitrogens with two attached hydrogens (primary N) is 2. The van der Waals surface area contributed by atoms with Crippen LogP contribution in [0.25, 0.3) is 33.2 Å². The molecule has 5 rings (SSSR count). The zero-order valence-electron chi connectivity index (χ0n) is 15.4. The Balaban J connectivity index is 1.66. The second-order valence-electron chi connectivity index (χ2n) is 6.87. The van der Waals surface area contributed by atoms with Crippen molar-refractivity contribution < 1.29 is 0 Å². The Morgan fingerprint density at radius 2 is 1.97 bits per heavy atom. The SMILES string of the molecule is NCc1cc2c(-c3cccc(Cl)c3)ccc(Cn3cnc4c(N)ncnc43)c2[nH]1. The number of nitrogens with zero attached hydrogens (tertiary/aromatic N) is 4. The van der Waals surface area contributed by atoms with Gasteiger partial charge >= 0.3 is 0 Å². The molecule has 0 saturated carbocycles. The summed E-state index contributed by atoms with van der Waals surface area (Å²) in [6.07, 6.45) is 3.19. The minimum absolute atomic E-state index is 0.375. The van der Waals surface area contributed by atoms with E-state index in [0.29, 0.717) is 35.1 Å². The van der Waals surface area contributed by atoms with Crippen LogP contribution < -0.4 is 11.5 Å². The highest BCUT2D eigenvalue weighted by Gasteiger charge is 2.14. The number of anilines is 1. The van der Waals surface area contributed by atoms with Crippen molar-refractivity contribution in [3.05, 3.63) is 71.4 Å². The van der Waals surface area contributed by atoms with Gasteiger partial charge in [-0.2, -0.15) is 0 Å². The van der Waals surface area contributed by atoms with Crippen LogP contribution in [0, 0.1) is 0 Å². The molecule has 29 heavy (non-hydrogen) atoms. The van der Waals surface area contributed by atoms with E-state index in [4.69, 9.17) is 23.1 Å². The van der Waals surface area contributed by atoms with Gasteiger partial charge in [0.05, 0.1) is 18.4 Å². The van der Waals surface area contributed by atoms with E-state index in [1.165, 1.54) is 6.33 Å². The lowest BCUT2D eigenvalue weighted by Crippen LogP contribution is -2.02. The molecule has 7 nitrogen and oxygen atoms in total. The summed E-state index contributed by atoms with van der Waals surface area (Å²) in [5.74, 6) is 0.375. The molecule has 0 aliphatic carbocycles. The van der Waals surface area contributed by atoms with Gasteiger partial charge in [0.25, 0.3) is 0 Å². The van der Waals surface area contributed by atoms with Crippen molar-refractivity contribution >= 4 is 39.5 Å². The molecule has 3 heterocycles. The van der Waals surface area contributed by atoms with Gasteiger partial charge < -0.3 is 21.0 Å². The van der Waals surface area contributed by atoms with E-state index in [1.807, 2.05) is 22.8 Å². The Bertz CT molecular complexity index is 1350. The molecule has 0 bridgehead atoms. The van der Waals surface area contributed by atoms with E-state index in [0.717, 1.165) is 33.3 Å². The molecule has 5 N–H and O–H groups in total. The Hall–Kier alpha value is -3.42. The van der Waals surface area contributed by atoms with Crippen LogP contribution in [0.15, 0.2) is 55.1 Å². The first-order valence-corrected chi connectivity index (χ1v) is 9.52. The van der Waals surface area contributed by atoms with Gasteiger partial charge in [0.2, 0.25) is 0 Å². The molecule has 0 amide bonds. The van der Waals surface area contributed by atoms with Crippen molar-refractivity contribution in [1.82, 2.24) is 24.5 Å². The lowest BCUT2D eigenvalue weighted by molar-refractivity contribution is 0.817. The van der Waals surface area contributed by atoms with Crippen LogP contribution >= 0.6 is 11.6 Å². The maximum atomic E-state index is 6.21. The third-order valence-electron chi connectivity index (χ3n) is 5.06. The summed E-state index contributed by atoms with van der Waals surface area (Å²) in [6, 6.07) is 14.2. The number of halogens is 1. The first-order chi connectivity index (χ1) is 14.1. The minimum atomic E-state index is 0.375. The van der Waals surface area contributed by atoms with Crippen molar-refractivity contribution in [1.29, 1.82) is 0 Å². The molecule has 3 aromatic heterocycles. The molecule has 0 spiro atoms. The average molecular weight is 404 g/mol. The van der Waals surface area contributed by atoms with Crippen LogP contribution in [0.5, 0.6) is 0 Å². The number of nitrogens with one attached hydrogen (secondary N) is 1. The number of nitrogen functional groups attached to an aromatic ring is 1. The first-order valence-electron chi connectivity index (χ1n) is 9.15. The maximum Gasteiger partial charge on any atom is 0.165 e. The summed E-state index contributed by atoms with van der Waals surface area (Å²) in [7, 11) is 0. The van der Waals surface area contributed by atoms with Gasteiger partial charge in [-0.3, -0.25) is 0 Å². The van der Waals surface area contributed by atoms with Crippen molar-refractivity contribution in [3.63, 3.8) is 0 Å². The van der Waals surface area contributed by atoms with E-state index >= 15 is 0 Å². The zero-order chi connectivity index (χ0) is 20.0. The van der Waals surface area contributed by atoms with Crippen LogP contribution in [-0.4, -0.2) is 24.5 Å². The number of benzene rings is 2. The second kappa shape index (κ2) is 6.88. The minimum Gasteiger partial charge on any atom is -0.382 e. The molecule has 2 aromatic carbocycles. The topological polar surface area (TPSA) is 111 Å². The summed E-state index contributed by atoms with van der Waals surface area (Å²) in [4.78, 5) is 16.2. The van der Waals surface area contributed by atoms with Crippen molar-refractivity contribution in [2.75, 3.05) is 5.73 Å². The molecule has 0 saturated heterocycles. The summed E-state index contributed by atoms with van der Waals surface area (Å²) in [5, 5.41) is 1.81. The molecule has 8 heteroatoms. The van der Waals surface area contributed by atoms with Crippen molar-refractivity contribution in [2.45, 2.75) is 13.1 Å². The van der Waals surface area contributed by atoms with Gasteiger partial charge in [-0.15, -0.1) is 0 Å². The summed E-state index contributed by atoms with van der Waals surface area (Å²) < 4.78 is 1.96. The number of aromatic nitrogens is 5. The summed E-state index contributed by atoms with van der Waals surface area (Å²) in [6.45, 7) is 1.02. The van der Waals surface area contributed by atoms with Crippen LogP contribution in [0.3, 0.4) is 0 Å². The van der Waals surface area contributed by atoms with Gasteiger partial charge in [0.15, 0.2) is 11.5 Å². The van der Waals surface area contributed by atoms with Crippen LogP contribution in [0.1, 0.15) is 11.3 Å². The number of imidazole rings is 1. The van der Waals surface area contributed by atoms with Crippen LogP contribution in [-0.2, 0) is 13.1 Å². The lowest BCUT2D eigenvalue weighted by atomic mass is 9.99. The summed E-state index contributed by atoms with van der Waals surface area (Å²) in [5.41, 5.74) is 18.4. The van der Waals surface area contributed by atoms with Gasteiger partial charge in [0.1, 0.15) is 11.8 Å². The maximum absolute atomic E-state index is 6.21. The summed E-state index contributed by atoms with van der Waals surface area (Å²) >= 11 is 6.21. The van der Waals surface area contributed by atoms with E-state index in [9.17, 15) is 0 Å². The number of hydrogen-bond donors (Lipinski definition) is 3. The van der Waals surface area contributed by atoms with Crippen molar-refractivity contribution in [3.8, 4) is 11.1 Å². The number of rotatable bonds is 4. The lowest BCUT2D eigenvalue weighted by Gasteiger charge is -2.10. The Morgan fingerprint density at radius 3 is 2.79 bits per heavy atom. The molecule has 5 aromatic rings. The molecule has 0 atom stereocenters. The number of H-pyrrole nitrogens is 1. The number of aromatic amines is 1. The predicted molar refractivity (Wildman–Crippen MR) is 115 cm³/mol. The standard InChI is InChI=1S/C21H18ClN7/c22-14-3-1-2-12(6-14)16-5-4-13(18-17(16)7-15(8-23)28-18)9-29-11-27-19-20(24)25-10-26-21(19)29/h1-7,10-11,28H,8-9,23H2,(H2,24,25,26). The molecule has 0 unspecified atom stereocenters. The second-order valence-corrected chi connectivity index (χ2v) is 7.31. The highest BCUT2D eigenvalue weighted by molar-refractivity contribution is 6.30. The molecule has 0 radical (unpaired) electrons. The largest absolute Gasteiger partial charge is 0.382 e. The van der Waals surface area contributed by atoms with Gasteiger partial charge in [-0.1, -0.05) is 35.9 Å². The van der Waals surface area contributed by atoms with Crippen LogP contribution in [0.2, 0.25) is 5.02 Å². The normalized spacial score (nSPS) is 11.5. The predicted octanol–water partition coefficient (Wildman–Crippen LogP) is 3.72. The third-order valence-corrected chi connectivity index (χ3v) is 5.30. The first kappa shape index (κ1) is 17.7. The molecular weight excluding hydrogens is 386 g/mol. The Labute approximate surface area is 171 Å². The zero-order valence-corrected chi connectivity index (χ0v) is 16.2. The van der Waals surface area contributed by atoms with E-state index in [1.54, 1.807) is 6.33 Å². The Kier molecular flexibility index (Phi) is 4.19. The molecule has 0 aliphatic heterocycles. The van der Waals surface area contributed by atoms with Gasteiger partial charge in [0, 0.05) is 22.6 Å². The van der Waals surface area contributed by atoms with Gasteiger partial charge in [-0.25, -0.2) is 15.0 Å². The van der Waals surface area contributed by atoms with E-state index < -0.39 is 0 Å². The fraction of sp³-hybridized carbons (Fsp3) is 0.0952. The highest BCUT2D eigenvalue weighted by Crippen LogP contribution is 2.33. The monoisotopic (exact) mass is 403 g/mol. The fourth-order valence-corrected chi connectivity index (χ4v) is 3.87. The van der Waals surface area contributed by atoms with Crippen molar-refractivity contribution in [2.24, 2.45) is 5.73 Å². The average Bonchev–Trinajstić information content (AvgIpc) is 3.34. The van der Waals surface area contributed by atoms with Gasteiger partial charge in [-0.05, 0) is 34.9 Å². The fourth-order valence-electron chi connectivity index (χ4n) is 3.68. The van der Waals surface area contributed by atoms with E-state index in [-0.39, 0.29) is 0 Å². The van der Waals surface area contributed by atoms with Crippen LogP contribution in [0.4, 0.5) is 5.82 Å². The molecule has 0 aliphatic rings. The smallest absolute Gasteiger partial charge is 0.165 e. The third kappa shape index (κ3) is 3.00. The molecular formula is C21H18ClN7. The number of hydrogen-bond acceptors (Lipinski definition) is 5. The number of fused-ring (bicyclic) bond motifs is 2. The molecule has 0 fully saturated rings. The van der Waals surface area contributed by atoms with E-state index in [2.05, 4.69) is 44.2 Å². The Morgan fingerprint density at radius 1 is 1.07 bits per heavy atom. The quantitative estimate of drug-likeness (QED) is 0.423. The highest BCUT2D eigenvalue weighted by atomic mass is 35.5. The molecule has 144 valence electrons.